The van der Waals surface area contributed by atoms with Crippen LogP contribution in [0.2, 0.25) is 0 Å². The minimum Gasteiger partial charge on any atom is -0.494 e. The molecule has 0 aliphatic carbocycles. The maximum Gasteiger partial charge on any atom is 0.168 e. The van der Waals surface area contributed by atoms with Crippen molar-refractivity contribution < 1.29 is 9.13 Å². The Labute approximate surface area is 106 Å². The van der Waals surface area contributed by atoms with Crippen LogP contribution in [0.1, 0.15) is 17.2 Å². The summed E-state index contributed by atoms with van der Waals surface area (Å²) in [5.74, 6) is -0.0702. The predicted molar refractivity (Wildman–Crippen MR) is 70.0 cm³/mol. The molecule has 0 saturated heterocycles. The van der Waals surface area contributed by atoms with Gasteiger partial charge in [0.15, 0.2) is 11.6 Å². The molecule has 2 nitrogen and oxygen atoms in total. The minimum absolute atomic E-state index is 0.215. The zero-order chi connectivity index (χ0) is 13.0. The van der Waals surface area contributed by atoms with Crippen molar-refractivity contribution >= 4 is 0 Å². The second kappa shape index (κ2) is 5.65. The smallest absolute Gasteiger partial charge is 0.168 e. The Morgan fingerprint density at radius 1 is 1.11 bits per heavy atom. The van der Waals surface area contributed by atoms with E-state index >= 15 is 0 Å². The maximum absolute atomic E-state index is 14.0. The highest BCUT2D eigenvalue weighted by Gasteiger charge is 2.12. The third kappa shape index (κ3) is 2.68. The Morgan fingerprint density at radius 2 is 1.83 bits per heavy atom. The van der Waals surface area contributed by atoms with E-state index in [4.69, 9.17) is 10.5 Å². The number of methoxy groups -OCH3 is 1. The first kappa shape index (κ1) is 12.6. The minimum atomic E-state index is -0.327. The molecule has 0 amide bonds. The van der Waals surface area contributed by atoms with Crippen molar-refractivity contribution in [2.75, 3.05) is 7.11 Å². The van der Waals surface area contributed by atoms with Gasteiger partial charge in [0, 0.05) is 6.04 Å². The number of halogens is 1. The van der Waals surface area contributed by atoms with E-state index in [-0.39, 0.29) is 17.6 Å². The molecular formula is C15H16FNO. The van der Waals surface area contributed by atoms with Gasteiger partial charge >= 0.3 is 0 Å². The average Bonchev–Trinajstić information content (AvgIpc) is 2.42. The van der Waals surface area contributed by atoms with Gasteiger partial charge in [0.1, 0.15) is 0 Å². The fraction of sp³-hybridized carbons (Fsp3) is 0.200. The van der Waals surface area contributed by atoms with E-state index in [9.17, 15) is 4.39 Å². The van der Waals surface area contributed by atoms with Crippen LogP contribution in [-0.4, -0.2) is 7.11 Å². The number of nitrogens with two attached hydrogens (primary N) is 1. The molecule has 2 N–H and O–H groups in total. The largest absolute Gasteiger partial charge is 0.494 e. The molecule has 0 radical (unpaired) electrons. The second-order valence-corrected chi connectivity index (χ2v) is 4.15. The van der Waals surface area contributed by atoms with Gasteiger partial charge in [-0.25, -0.2) is 4.39 Å². The number of rotatable bonds is 4. The first-order valence-corrected chi connectivity index (χ1v) is 5.84. The summed E-state index contributed by atoms with van der Waals surface area (Å²) in [5.41, 5.74) is 7.65. The van der Waals surface area contributed by atoms with Gasteiger partial charge in [-0.1, -0.05) is 42.5 Å². The van der Waals surface area contributed by atoms with Crippen LogP contribution in [0.5, 0.6) is 5.75 Å². The van der Waals surface area contributed by atoms with Crippen LogP contribution in [-0.2, 0) is 6.42 Å². The summed E-state index contributed by atoms with van der Waals surface area (Å²) in [5, 5.41) is 0. The highest BCUT2D eigenvalue weighted by atomic mass is 19.1. The van der Waals surface area contributed by atoms with E-state index in [0.717, 1.165) is 5.56 Å². The maximum atomic E-state index is 14.0. The SMILES string of the molecule is COc1cccc(CC(N)c2ccccc2)c1F. The third-order valence-corrected chi connectivity index (χ3v) is 2.93. The Kier molecular flexibility index (Phi) is 3.95. The van der Waals surface area contributed by atoms with Gasteiger partial charge < -0.3 is 10.5 Å². The molecule has 94 valence electrons. The lowest BCUT2D eigenvalue weighted by molar-refractivity contribution is 0.383. The molecule has 0 fully saturated rings. The Bertz CT molecular complexity index is 513. The predicted octanol–water partition coefficient (Wildman–Crippen LogP) is 3.08. The van der Waals surface area contributed by atoms with Crippen LogP contribution in [0.15, 0.2) is 48.5 Å². The van der Waals surface area contributed by atoms with Crippen LogP contribution < -0.4 is 10.5 Å². The van der Waals surface area contributed by atoms with Gasteiger partial charge in [-0.15, -0.1) is 0 Å². The molecule has 0 heterocycles. The van der Waals surface area contributed by atoms with Crippen LogP contribution in [0.3, 0.4) is 0 Å². The molecule has 0 aliphatic rings. The Balaban J connectivity index is 2.19. The molecule has 1 unspecified atom stereocenters. The van der Waals surface area contributed by atoms with Crippen LogP contribution in [0.25, 0.3) is 0 Å². The zero-order valence-electron chi connectivity index (χ0n) is 10.3. The summed E-state index contributed by atoms with van der Waals surface area (Å²) < 4.78 is 18.9. The number of ether oxygens (including phenoxy) is 1. The molecule has 18 heavy (non-hydrogen) atoms. The first-order chi connectivity index (χ1) is 8.72. The summed E-state index contributed by atoms with van der Waals surface area (Å²) in [6.45, 7) is 0. The van der Waals surface area contributed by atoms with Crippen molar-refractivity contribution in [1.29, 1.82) is 0 Å². The third-order valence-electron chi connectivity index (χ3n) is 2.93. The number of hydrogen-bond acceptors (Lipinski definition) is 2. The summed E-state index contributed by atoms with van der Waals surface area (Å²) in [4.78, 5) is 0. The summed E-state index contributed by atoms with van der Waals surface area (Å²) in [6.07, 6.45) is 0.451. The van der Waals surface area contributed by atoms with E-state index in [0.29, 0.717) is 12.0 Å². The van der Waals surface area contributed by atoms with Crippen molar-refractivity contribution in [2.45, 2.75) is 12.5 Å². The number of hydrogen-bond donors (Lipinski definition) is 1. The van der Waals surface area contributed by atoms with Gasteiger partial charge in [-0.3, -0.25) is 0 Å². The highest BCUT2D eigenvalue weighted by Crippen LogP contribution is 2.24. The molecule has 1 atom stereocenters. The van der Waals surface area contributed by atoms with Crippen molar-refractivity contribution in [3.63, 3.8) is 0 Å². The molecule has 0 aromatic heterocycles. The molecule has 2 aromatic carbocycles. The lowest BCUT2D eigenvalue weighted by atomic mass is 9.99. The molecule has 0 saturated carbocycles. The van der Waals surface area contributed by atoms with Crippen LogP contribution >= 0.6 is 0 Å². The van der Waals surface area contributed by atoms with E-state index in [1.54, 1.807) is 18.2 Å². The van der Waals surface area contributed by atoms with Crippen LogP contribution in [0.4, 0.5) is 4.39 Å². The quantitative estimate of drug-likeness (QED) is 0.898. The Morgan fingerprint density at radius 3 is 2.50 bits per heavy atom. The average molecular weight is 245 g/mol. The molecule has 0 spiro atoms. The first-order valence-electron chi connectivity index (χ1n) is 5.84. The molecule has 2 aromatic rings. The van der Waals surface area contributed by atoms with Gasteiger partial charge in [0.2, 0.25) is 0 Å². The standard InChI is InChI=1S/C15H16FNO/c1-18-14-9-5-8-12(15(14)16)10-13(17)11-6-3-2-4-7-11/h2-9,13H,10,17H2,1H3. The molecular weight excluding hydrogens is 229 g/mol. The molecule has 0 aliphatic heterocycles. The summed E-state index contributed by atoms with van der Waals surface area (Å²) in [6, 6.07) is 14.6. The van der Waals surface area contributed by atoms with Gasteiger partial charge in [0.25, 0.3) is 0 Å². The van der Waals surface area contributed by atoms with Gasteiger partial charge in [-0.05, 0) is 23.6 Å². The van der Waals surface area contributed by atoms with Crippen LogP contribution in [0, 0.1) is 5.82 Å². The number of benzene rings is 2. The lowest BCUT2D eigenvalue weighted by Gasteiger charge is -2.13. The van der Waals surface area contributed by atoms with Crippen molar-refractivity contribution in [1.82, 2.24) is 0 Å². The molecule has 0 bridgehead atoms. The van der Waals surface area contributed by atoms with E-state index in [2.05, 4.69) is 0 Å². The van der Waals surface area contributed by atoms with E-state index in [1.807, 2.05) is 30.3 Å². The zero-order valence-corrected chi connectivity index (χ0v) is 10.3. The summed E-state index contributed by atoms with van der Waals surface area (Å²) >= 11 is 0. The fourth-order valence-corrected chi connectivity index (χ4v) is 1.93. The van der Waals surface area contributed by atoms with E-state index in [1.165, 1.54) is 7.11 Å². The van der Waals surface area contributed by atoms with Crippen molar-refractivity contribution in [2.24, 2.45) is 5.73 Å². The topological polar surface area (TPSA) is 35.2 Å². The fourth-order valence-electron chi connectivity index (χ4n) is 1.93. The molecule has 2 rings (SSSR count). The normalized spacial score (nSPS) is 12.2. The van der Waals surface area contributed by atoms with Crippen molar-refractivity contribution in [3.05, 3.63) is 65.5 Å². The highest BCUT2D eigenvalue weighted by molar-refractivity contribution is 5.32. The van der Waals surface area contributed by atoms with E-state index < -0.39 is 0 Å². The second-order valence-electron chi connectivity index (χ2n) is 4.15. The summed E-state index contributed by atoms with van der Waals surface area (Å²) in [7, 11) is 1.46. The van der Waals surface area contributed by atoms with Gasteiger partial charge in [0.05, 0.1) is 7.11 Å². The lowest BCUT2D eigenvalue weighted by Crippen LogP contribution is -2.14. The van der Waals surface area contributed by atoms with Gasteiger partial charge in [-0.2, -0.15) is 0 Å². The molecule has 3 heteroatoms. The monoisotopic (exact) mass is 245 g/mol. The van der Waals surface area contributed by atoms with Crippen molar-refractivity contribution in [3.8, 4) is 5.75 Å². The Hall–Kier alpha value is -1.87.